The van der Waals surface area contributed by atoms with Crippen molar-refractivity contribution in [2.24, 2.45) is 0 Å². The first kappa shape index (κ1) is 15.6. The Morgan fingerprint density at radius 2 is 1.45 bits per heavy atom. The molecule has 2 rings (SSSR count). The molecule has 0 N–H and O–H groups in total. The highest BCUT2D eigenvalue weighted by molar-refractivity contribution is 6.10. The van der Waals surface area contributed by atoms with E-state index in [-0.39, 0.29) is 5.78 Å². The average Bonchev–Trinajstić information content (AvgIpc) is 2.59. The second kappa shape index (κ2) is 7.31. The van der Waals surface area contributed by atoms with E-state index in [0.29, 0.717) is 17.1 Å². The number of methoxy groups -OCH3 is 3. The maximum Gasteiger partial charge on any atom is 0.193 e. The molecule has 0 heterocycles. The van der Waals surface area contributed by atoms with Gasteiger partial charge in [-0.2, -0.15) is 0 Å². The van der Waals surface area contributed by atoms with Crippen molar-refractivity contribution in [3.8, 4) is 17.2 Å². The molecule has 4 heteroatoms. The Morgan fingerprint density at radius 1 is 0.864 bits per heavy atom. The Hall–Kier alpha value is -2.75. The summed E-state index contributed by atoms with van der Waals surface area (Å²) in [7, 11) is 4.67. The molecule has 0 fully saturated rings. The molecule has 0 atom stereocenters. The Labute approximate surface area is 129 Å². The minimum atomic E-state index is -0.176. The first-order valence-corrected chi connectivity index (χ1v) is 6.77. The van der Waals surface area contributed by atoms with Gasteiger partial charge in [0.1, 0.15) is 22.8 Å². The van der Waals surface area contributed by atoms with Crippen molar-refractivity contribution in [1.82, 2.24) is 0 Å². The number of rotatable bonds is 6. The predicted molar refractivity (Wildman–Crippen MR) is 85.9 cm³/mol. The topological polar surface area (TPSA) is 44.8 Å². The van der Waals surface area contributed by atoms with E-state index < -0.39 is 0 Å². The highest BCUT2D eigenvalue weighted by Crippen LogP contribution is 2.29. The molecule has 114 valence electrons. The standard InChI is InChI=1S/C18H18O4/c1-20-14-10-7-13(8-11-14)9-12-15(19)18-16(21-2)5-4-6-17(18)22-3/h4-12H,1-3H3/b12-9+. The van der Waals surface area contributed by atoms with Gasteiger partial charge in [0, 0.05) is 0 Å². The van der Waals surface area contributed by atoms with Gasteiger partial charge in [0.25, 0.3) is 0 Å². The monoisotopic (exact) mass is 298 g/mol. The third-order valence-electron chi connectivity index (χ3n) is 3.22. The van der Waals surface area contributed by atoms with Crippen LogP contribution in [-0.2, 0) is 0 Å². The highest BCUT2D eigenvalue weighted by Gasteiger charge is 2.15. The van der Waals surface area contributed by atoms with Gasteiger partial charge in [-0.3, -0.25) is 4.79 Å². The fourth-order valence-electron chi connectivity index (χ4n) is 2.06. The van der Waals surface area contributed by atoms with Crippen molar-refractivity contribution >= 4 is 11.9 Å². The van der Waals surface area contributed by atoms with Crippen LogP contribution in [0.3, 0.4) is 0 Å². The number of hydrogen-bond acceptors (Lipinski definition) is 4. The van der Waals surface area contributed by atoms with Crippen LogP contribution in [0.1, 0.15) is 15.9 Å². The normalized spacial score (nSPS) is 10.5. The molecule has 0 aromatic heterocycles. The van der Waals surface area contributed by atoms with E-state index >= 15 is 0 Å². The minimum absolute atomic E-state index is 0.176. The van der Waals surface area contributed by atoms with Crippen molar-refractivity contribution in [1.29, 1.82) is 0 Å². The van der Waals surface area contributed by atoms with E-state index in [4.69, 9.17) is 14.2 Å². The quantitative estimate of drug-likeness (QED) is 0.603. The summed E-state index contributed by atoms with van der Waals surface area (Å²) in [4.78, 5) is 12.4. The van der Waals surface area contributed by atoms with Gasteiger partial charge >= 0.3 is 0 Å². The summed E-state index contributed by atoms with van der Waals surface area (Å²) in [5, 5.41) is 0. The lowest BCUT2D eigenvalue weighted by Gasteiger charge is -2.10. The van der Waals surface area contributed by atoms with E-state index in [1.165, 1.54) is 20.3 Å². The van der Waals surface area contributed by atoms with E-state index in [1.807, 2.05) is 24.3 Å². The number of benzene rings is 2. The van der Waals surface area contributed by atoms with E-state index in [0.717, 1.165) is 11.3 Å². The van der Waals surface area contributed by atoms with Gasteiger partial charge in [-0.05, 0) is 35.9 Å². The van der Waals surface area contributed by atoms with Crippen molar-refractivity contribution in [2.45, 2.75) is 0 Å². The first-order chi connectivity index (χ1) is 10.7. The van der Waals surface area contributed by atoms with Crippen LogP contribution in [0.4, 0.5) is 0 Å². The Kier molecular flexibility index (Phi) is 5.20. The summed E-state index contributed by atoms with van der Waals surface area (Å²) in [6.07, 6.45) is 3.25. The zero-order valence-corrected chi connectivity index (χ0v) is 12.8. The van der Waals surface area contributed by atoms with Crippen LogP contribution in [0.25, 0.3) is 6.08 Å². The fourth-order valence-corrected chi connectivity index (χ4v) is 2.06. The molecule has 0 aliphatic rings. The molecule has 0 amide bonds. The summed E-state index contributed by atoms with van der Waals surface area (Å²) in [6, 6.07) is 12.7. The van der Waals surface area contributed by atoms with Crippen LogP contribution < -0.4 is 14.2 Å². The molecular weight excluding hydrogens is 280 g/mol. The summed E-state index contributed by atoms with van der Waals surface area (Å²) < 4.78 is 15.6. The third kappa shape index (κ3) is 3.47. The Bertz CT molecular complexity index is 650. The molecule has 0 bridgehead atoms. The van der Waals surface area contributed by atoms with Crippen LogP contribution in [0.15, 0.2) is 48.5 Å². The molecule has 2 aromatic carbocycles. The fraction of sp³-hybridized carbons (Fsp3) is 0.167. The molecule has 2 aromatic rings. The van der Waals surface area contributed by atoms with Gasteiger partial charge in [-0.15, -0.1) is 0 Å². The van der Waals surface area contributed by atoms with Crippen LogP contribution >= 0.6 is 0 Å². The third-order valence-corrected chi connectivity index (χ3v) is 3.22. The largest absolute Gasteiger partial charge is 0.497 e. The Balaban J connectivity index is 2.26. The number of hydrogen-bond donors (Lipinski definition) is 0. The zero-order chi connectivity index (χ0) is 15.9. The zero-order valence-electron chi connectivity index (χ0n) is 12.8. The summed E-state index contributed by atoms with van der Waals surface area (Å²) >= 11 is 0. The molecule has 22 heavy (non-hydrogen) atoms. The molecule has 0 unspecified atom stereocenters. The van der Waals surface area contributed by atoms with Gasteiger partial charge in [-0.25, -0.2) is 0 Å². The van der Waals surface area contributed by atoms with E-state index in [2.05, 4.69) is 0 Å². The molecule has 0 saturated heterocycles. The van der Waals surface area contributed by atoms with Crippen molar-refractivity contribution < 1.29 is 19.0 Å². The SMILES string of the molecule is COc1ccc(/C=C/C(=O)c2c(OC)cccc2OC)cc1. The number of allylic oxidation sites excluding steroid dienone is 1. The summed E-state index contributed by atoms with van der Waals surface area (Å²) in [5.41, 5.74) is 1.32. The molecule has 0 spiro atoms. The van der Waals surface area contributed by atoms with Crippen molar-refractivity contribution in [3.05, 3.63) is 59.7 Å². The second-order valence-corrected chi connectivity index (χ2v) is 4.51. The summed E-state index contributed by atoms with van der Waals surface area (Å²) in [6.45, 7) is 0. The molecule has 0 saturated carbocycles. The van der Waals surface area contributed by atoms with Gasteiger partial charge in [-0.1, -0.05) is 24.3 Å². The van der Waals surface area contributed by atoms with Gasteiger partial charge in [0.15, 0.2) is 5.78 Å². The van der Waals surface area contributed by atoms with Crippen LogP contribution in [0, 0.1) is 0 Å². The van der Waals surface area contributed by atoms with Crippen molar-refractivity contribution in [3.63, 3.8) is 0 Å². The van der Waals surface area contributed by atoms with Crippen LogP contribution in [0.5, 0.6) is 17.2 Å². The van der Waals surface area contributed by atoms with Crippen molar-refractivity contribution in [2.75, 3.05) is 21.3 Å². The van der Waals surface area contributed by atoms with E-state index in [9.17, 15) is 4.79 Å². The molecule has 0 aliphatic heterocycles. The predicted octanol–water partition coefficient (Wildman–Crippen LogP) is 3.61. The molecular formula is C18H18O4. The molecule has 0 aliphatic carbocycles. The lowest BCUT2D eigenvalue weighted by Crippen LogP contribution is -2.02. The first-order valence-electron chi connectivity index (χ1n) is 6.77. The molecule has 4 nitrogen and oxygen atoms in total. The second-order valence-electron chi connectivity index (χ2n) is 4.51. The maximum atomic E-state index is 12.4. The average molecular weight is 298 g/mol. The molecule has 0 radical (unpaired) electrons. The maximum absolute atomic E-state index is 12.4. The minimum Gasteiger partial charge on any atom is -0.497 e. The smallest absolute Gasteiger partial charge is 0.193 e. The van der Waals surface area contributed by atoms with Crippen LogP contribution in [-0.4, -0.2) is 27.1 Å². The lowest BCUT2D eigenvalue weighted by molar-refractivity contribution is 0.104. The summed E-state index contributed by atoms with van der Waals surface area (Å²) in [5.74, 6) is 1.58. The lowest BCUT2D eigenvalue weighted by atomic mass is 10.1. The van der Waals surface area contributed by atoms with E-state index in [1.54, 1.807) is 31.4 Å². The highest BCUT2D eigenvalue weighted by atomic mass is 16.5. The van der Waals surface area contributed by atoms with Gasteiger partial charge in [0.2, 0.25) is 0 Å². The number of ketones is 1. The Morgan fingerprint density at radius 3 is 1.95 bits per heavy atom. The number of carbonyl (C=O) groups excluding carboxylic acids is 1. The van der Waals surface area contributed by atoms with Gasteiger partial charge in [0.05, 0.1) is 21.3 Å². The number of carbonyl (C=O) groups is 1. The van der Waals surface area contributed by atoms with Gasteiger partial charge < -0.3 is 14.2 Å². The van der Waals surface area contributed by atoms with Crippen LogP contribution in [0.2, 0.25) is 0 Å². The number of ether oxygens (including phenoxy) is 3.